The summed E-state index contributed by atoms with van der Waals surface area (Å²) >= 11 is 0. The van der Waals surface area contributed by atoms with E-state index in [4.69, 9.17) is 4.74 Å². The molecule has 0 fully saturated rings. The summed E-state index contributed by atoms with van der Waals surface area (Å²) in [4.78, 5) is 32.2. The summed E-state index contributed by atoms with van der Waals surface area (Å²) in [5.74, 6) is 0.220. The van der Waals surface area contributed by atoms with Crippen LogP contribution in [0.5, 0.6) is 0 Å². The van der Waals surface area contributed by atoms with Gasteiger partial charge >= 0.3 is 0 Å². The molecular formula is C21H23N7O3. The number of benzene rings is 1. The molecule has 1 aromatic carbocycles. The van der Waals surface area contributed by atoms with E-state index in [9.17, 15) is 9.59 Å². The predicted octanol–water partition coefficient (Wildman–Crippen LogP) is 2.19. The summed E-state index contributed by atoms with van der Waals surface area (Å²) in [5, 5.41) is 11.9. The Bertz CT molecular complexity index is 1330. The van der Waals surface area contributed by atoms with E-state index in [-0.39, 0.29) is 24.0 Å². The van der Waals surface area contributed by atoms with Crippen molar-refractivity contribution in [3.05, 3.63) is 57.6 Å². The number of carbonyl (C=O) groups is 1. The Balaban J connectivity index is 1.82. The molecule has 160 valence electrons. The van der Waals surface area contributed by atoms with Gasteiger partial charge in [-0.2, -0.15) is 19.9 Å². The highest BCUT2D eigenvalue weighted by atomic mass is 16.5. The van der Waals surface area contributed by atoms with E-state index in [1.54, 1.807) is 17.7 Å². The number of aromatic amines is 1. The Morgan fingerprint density at radius 2 is 2.00 bits per heavy atom. The van der Waals surface area contributed by atoms with Crippen molar-refractivity contribution < 1.29 is 9.53 Å². The molecule has 31 heavy (non-hydrogen) atoms. The molecule has 0 atom stereocenters. The molecule has 0 aliphatic heterocycles. The number of aromatic nitrogens is 6. The molecule has 1 amide bonds. The van der Waals surface area contributed by atoms with Crippen molar-refractivity contribution in [2.75, 3.05) is 18.5 Å². The van der Waals surface area contributed by atoms with Gasteiger partial charge in [-0.05, 0) is 39.3 Å². The highest BCUT2D eigenvalue weighted by Gasteiger charge is 2.17. The second kappa shape index (κ2) is 8.15. The van der Waals surface area contributed by atoms with Gasteiger partial charge in [0.2, 0.25) is 5.95 Å². The maximum atomic E-state index is 12.7. The number of rotatable bonds is 6. The largest absolute Gasteiger partial charge is 0.372 e. The van der Waals surface area contributed by atoms with E-state index in [0.29, 0.717) is 29.2 Å². The van der Waals surface area contributed by atoms with E-state index >= 15 is 0 Å². The SMILES string of the molecule is CCOCC(=O)Nc1cc(C)nn1-c1nc2c(cnn2-c2ccc(C)cc2C)c(=O)[nH]1. The van der Waals surface area contributed by atoms with E-state index in [2.05, 4.69) is 25.5 Å². The molecule has 0 aliphatic carbocycles. The number of fused-ring (bicyclic) bond motifs is 1. The third-order valence-corrected chi connectivity index (χ3v) is 4.74. The summed E-state index contributed by atoms with van der Waals surface area (Å²) in [5.41, 5.74) is 3.65. The highest BCUT2D eigenvalue weighted by Crippen LogP contribution is 2.20. The lowest BCUT2D eigenvalue weighted by Crippen LogP contribution is -2.22. The van der Waals surface area contributed by atoms with Crippen molar-refractivity contribution in [2.45, 2.75) is 27.7 Å². The van der Waals surface area contributed by atoms with Crippen molar-refractivity contribution in [1.29, 1.82) is 0 Å². The molecule has 0 unspecified atom stereocenters. The Kier molecular flexibility index (Phi) is 5.38. The van der Waals surface area contributed by atoms with Gasteiger partial charge in [-0.3, -0.25) is 14.6 Å². The monoisotopic (exact) mass is 421 g/mol. The minimum absolute atomic E-state index is 0.0802. The average Bonchev–Trinajstić information content (AvgIpc) is 3.30. The maximum Gasteiger partial charge on any atom is 0.263 e. The number of anilines is 1. The van der Waals surface area contributed by atoms with Gasteiger partial charge in [-0.15, -0.1) is 0 Å². The van der Waals surface area contributed by atoms with Crippen LogP contribution in [-0.4, -0.2) is 48.6 Å². The first-order valence-electron chi connectivity index (χ1n) is 9.87. The standard InChI is InChI=1S/C21H23N7O3/c1-5-31-11-18(29)23-17-9-14(4)26-28(17)21-24-19-15(20(30)25-21)10-22-27(19)16-7-6-12(2)8-13(16)3/h6-10H,5,11H2,1-4H3,(H,23,29)(H,24,25,30). The zero-order valence-corrected chi connectivity index (χ0v) is 17.8. The van der Waals surface area contributed by atoms with E-state index in [0.717, 1.165) is 16.8 Å². The highest BCUT2D eigenvalue weighted by molar-refractivity contribution is 5.91. The van der Waals surface area contributed by atoms with Gasteiger partial charge in [-0.25, -0.2) is 4.68 Å². The molecule has 0 radical (unpaired) electrons. The molecule has 0 aliphatic rings. The van der Waals surface area contributed by atoms with Crippen LogP contribution in [0.15, 0.2) is 35.3 Å². The Morgan fingerprint density at radius 3 is 2.74 bits per heavy atom. The van der Waals surface area contributed by atoms with Gasteiger partial charge in [0.15, 0.2) is 5.65 Å². The first-order valence-corrected chi connectivity index (χ1v) is 9.87. The van der Waals surface area contributed by atoms with Gasteiger partial charge in [-0.1, -0.05) is 17.7 Å². The Labute approximate surface area is 177 Å². The number of carbonyl (C=O) groups excluding carboxylic acids is 1. The topological polar surface area (TPSA) is 120 Å². The van der Waals surface area contributed by atoms with Crippen molar-refractivity contribution in [1.82, 2.24) is 29.5 Å². The fraction of sp³-hybridized carbons (Fsp3) is 0.286. The molecule has 4 aromatic rings. The number of hydrogen-bond acceptors (Lipinski definition) is 6. The summed E-state index contributed by atoms with van der Waals surface area (Å²) in [7, 11) is 0. The van der Waals surface area contributed by atoms with Crippen LogP contribution in [0.25, 0.3) is 22.7 Å². The van der Waals surface area contributed by atoms with Crippen molar-refractivity contribution in [3.63, 3.8) is 0 Å². The van der Waals surface area contributed by atoms with Crippen LogP contribution in [0.2, 0.25) is 0 Å². The molecule has 3 aromatic heterocycles. The van der Waals surface area contributed by atoms with Gasteiger partial charge in [0, 0.05) is 12.7 Å². The lowest BCUT2D eigenvalue weighted by atomic mass is 10.1. The quantitative estimate of drug-likeness (QED) is 0.492. The normalized spacial score (nSPS) is 11.2. The fourth-order valence-corrected chi connectivity index (χ4v) is 3.35. The second-order valence-electron chi connectivity index (χ2n) is 7.24. The minimum atomic E-state index is -0.351. The second-order valence-corrected chi connectivity index (χ2v) is 7.24. The van der Waals surface area contributed by atoms with Gasteiger partial charge < -0.3 is 10.1 Å². The zero-order chi connectivity index (χ0) is 22.1. The van der Waals surface area contributed by atoms with E-state index in [1.807, 2.05) is 39.0 Å². The maximum absolute atomic E-state index is 12.7. The third-order valence-electron chi connectivity index (χ3n) is 4.74. The van der Waals surface area contributed by atoms with Crippen LogP contribution in [0.1, 0.15) is 23.7 Å². The number of hydrogen-bond donors (Lipinski definition) is 2. The number of nitrogens with one attached hydrogen (secondary N) is 2. The van der Waals surface area contributed by atoms with Gasteiger partial charge in [0.1, 0.15) is 17.8 Å². The number of ether oxygens (including phenoxy) is 1. The summed E-state index contributed by atoms with van der Waals surface area (Å²) in [6.07, 6.45) is 1.49. The zero-order valence-electron chi connectivity index (χ0n) is 17.8. The van der Waals surface area contributed by atoms with Gasteiger partial charge in [0.25, 0.3) is 11.5 Å². The van der Waals surface area contributed by atoms with Crippen molar-refractivity contribution in [3.8, 4) is 11.6 Å². The summed E-state index contributed by atoms with van der Waals surface area (Å²) < 4.78 is 8.16. The Morgan fingerprint density at radius 1 is 1.19 bits per heavy atom. The third kappa shape index (κ3) is 3.97. The number of H-pyrrole nitrogens is 1. The fourth-order valence-electron chi connectivity index (χ4n) is 3.35. The number of nitrogens with zero attached hydrogens (tertiary/aromatic N) is 5. The predicted molar refractivity (Wildman–Crippen MR) is 116 cm³/mol. The van der Waals surface area contributed by atoms with Crippen molar-refractivity contribution in [2.24, 2.45) is 0 Å². The van der Waals surface area contributed by atoms with E-state index in [1.165, 1.54) is 10.9 Å². The molecule has 10 nitrogen and oxygen atoms in total. The van der Waals surface area contributed by atoms with Crippen LogP contribution in [-0.2, 0) is 9.53 Å². The van der Waals surface area contributed by atoms with Crippen molar-refractivity contribution >= 4 is 22.8 Å². The molecule has 3 heterocycles. The van der Waals surface area contributed by atoms with Gasteiger partial charge in [0.05, 0.1) is 17.6 Å². The lowest BCUT2D eigenvalue weighted by molar-refractivity contribution is -0.120. The molecule has 0 spiro atoms. The molecule has 0 bridgehead atoms. The molecule has 2 N–H and O–H groups in total. The van der Waals surface area contributed by atoms with E-state index < -0.39 is 0 Å². The number of amides is 1. The minimum Gasteiger partial charge on any atom is -0.372 e. The average molecular weight is 421 g/mol. The first kappa shape index (κ1) is 20.5. The summed E-state index contributed by atoms with van der Waals surface area (Å²) in [6, 6.07) is 7.65. The van der Waals surface area contributed by atoms with Crippen LogP contribution >= 0.6 is 0 Å². The van der Waals surface area contributed by atoms with Crippen LogP contribution in [0, 0.1) is 20.8 Å². The first-order chi connectivity index (χ1) is 14.9. The molecule has 0 saturated heterocycles. The molecule has 4 rings (SSSR count). The smallest absolute Gasteiger partial charge is 0.263 e. The Hall–Kier alpha value is -3.79. The molecular weight excluding hydrogens is 398 g/mol. The number of aryl methyl sites for hydroxylation is 3. The van der Waals surface area contributed by atoms with Crippen LogP contribution < -0.4 is 10.9 Å². The molecule has 0 saturated carbocycles. The molecule has 10 heteroatoms. The van der Waals surface area contributed by atoms with Crippen LogP contribution in [0.3, 0.4) is 0 Å². The summed E-state index contributed by atoms with van der Waals surface area (Å²) in [6.45, 7) is 7.94. The lowest BCUT2D eigenvalue weighted by Gasteiger charge is -2.10. The van der Waals surface area contributed by atoms with Crippen LogP contribution in [0.4, 0.5) is 5.82 Å².